The molecule has 4 atom stereocenters. The zero-order valence-corrected chi connectivity index (χ0v) is 10.9. The van der Waals surface area contributed by atoms with Gasteiger partial charge in [-0.1, -0.05) is 0 Å². The Balaban J connectivity index is 2.08. The summed E-state index contributed by atoms with van der Waals surface area (Å²) in [5.74, 6) is -0.826. The zero-order chi connectivity index (χ0) is 14.2. The van der Waals surface area contributed by atoms with Gasteiger partial charge in [-0.3, -0.25) is 0 Å². The molecule has 0 aromatic rings. The highest BCUT2D eigenvalue weighted by molar-refractivity contribution is 5.74. The largest absolute Gasteiger partial charge is 0.394 e. The van der Waals surface area contributed by atoms with Gasteiger partial charge in [0.05, 0.1) is 17.9 Å². The first kappa shape index (κ1) is 14.1. The van der Waals surface area contributed by atoms with E-state index in [1.807, 2.05) is 0 Å². The fourth-order valence-electron chi connectivity index (χ4n) is 2.18. The van der Waals surface area contributed by atoms with Crippen molar-refractivity contribution >= 4 is 6.03 Å². The van der Waals surface area contributed by atoms with Gasteiger partial charge >= 0.3 is 6.03 Å². The van der Waals surface area contributed by atoms with Gasteiger partial charge in [-0.15, -0.1) is 4.91 Å². The molecule has 0 unspecified atom stereocenters. The maximum Gasteiger partial charge on any atom is 0.340 e. The number of aliphatic hydroxyl groups is 1. The van der Waals surface area contributed by atoms with E-state index in [0.717, 1.165) is 0 Å². The molecule has 0 spiro atoms. The molecule has 2 fully saturated rings. The molecular weight excluding hydrogens is 258 g/mol. The molecule has 0 aromatic carbocycles. The number of ether oxygens (including phenoxy) is 3. The second-order valence-corrected chi connectivity index (χ2v) is 4.91. The van der Waals surface area contributed by atoms with Crippen molar-refractivity contribution in [2.24, 2.45) is 5.29 Å². The number of nitrogens with zero attached hydrogens (tertiary/aromatic N) is 2. The van der Waals surface area contributed by atoms with E-state index in [4.69, 9.17) is 14.2 Å². The number of rotatable bonds is 3. The van der Waals surface area contributed by atoms with E-state index < -0.39 is 36.4 Å². The highest BCUT2D eigenvalue weighted by Gasteiger charge is 2.55. The van der Waals surface area contributed by atoms with Crippen LogP contribution < -0.4 is 5.32 Å². The van der Waals surface area contributed by atoms with E-state index in [9.17, 15) is 14.8 Å². The van der Waals surface area contributed by atoms with Gasteiger partial charge in [-0.2, -0.15) is 5.01 Å². The van der Waals surface area contributed by atoms with Gasteiger partial charge in [0.2, 0.25) is 0 Å². The molecule has 9 nitrogen and oxygen atoms in total. The molecule has 2 aliphatic rings. The van der Waals surface area contributed by atoms with Crippen molar-refractivity contribution in [3.05, 3.63) is 4.91 Å². The lowest BCUT2D eigenvalue weighted by Crippen LogP contribution is -2.51. The molecule has 2 N–H and O–H groups in total. The number of aliphatic hydroxyl groups excluding tert-OH is 1. The Morgan fingerprint density at radius 1 is 1.47 bits per heavy atom. The molecule has 0 aromatic heterocycles. The number of carbonyl (C=O) groups excluding carboxylic acids is 1. The molecular formula is C10H17N3O6. The molecule has 9 heteroatoms. The lowest BCUT2D eigenvalue weighted by Gasteiger charge is -2.25. The number of nitroso groups, excluding NO2 is 1. The molecule has 0 saturated carbocycles. The summed E-state index contributed by atoms with van der Waals surface area (Å²) in [7, 11) is 1.22. The van der Waals surface area contributed by atoms with Crippen LogP contribution in [0.15, 0.2) is 5.29 Å². The van der Waals surface area contributed by atoms with Crippen molar-refractivity contribution in [3.63, 3.8) is 0 Å². The third-order valence-corrected chi connectivity index (χ3v) is 3.04. The van der Waals surface area contributed by atoms with Crippen LogP contribution >= 0.6 is 0 Å². The molecule has 2 heterocycles. The average molecular weight is 275 g/mol. The first-order valence-corrected chi connectivity index (χ1v) is 5.87. The third-order valence-electron chi connectivity index (χ3n) is 3.04. The minimum Gasteiger partial charge on any atom is -0.394 e. The van der Waals surface area contributed by atoms with Crippen molar-refractivity contribution in [1.82, 2.24) is 10.3 Å². The molecule has 2 rings (SSSR count). The molecule has 19 heavy (non-hydrogen) atoms. The highest BCUT2D eigenvalue weighted by atomic mass is 16.8. The van der Waals surface area contributed by atoms with E-state index in [-0.39, 0.29) is 6.61 Å². The Kier molecular flexibility index (Phi) is 3.72. The van der Waals surface area contributed by atoms with Gasteiger partial charge in [0, 0.05) is 7.05 Å². The Morgan fingerprint density at radius 3 is 2.74 bits per heavy atom. The topological polar surface area (TPSA) is 110 Å². The number of amides is 2. The van der Waals surface area contributed by atoms with Crippen LogP contribution in [0.2, 0.25) is 0 Å². The van der Waals surface area contributed by atoms with Crippen LogP contribution in [0.1, 0.15) is 13.8 Å². The van der Waals surface area contributed by atoms with Gasteiger partial charge in [-0.25, -0.2) is 4.79 Å². The third kappa shape index (κ3) is 2.68. The Labute approximate surface area is 109 Å². The second-order valence-electron chi connectivity index (χ2n) is 4.91. The van der Waals surface area contributed by atoms with Gasteiger partial charge in [0.15, 0.2) is 12.1 Å². The number of hydrogen-bond donors (Lipinski definition) is 2. The summed E-state index contributed by atoms with van der Waals surface area (Å²) in [5, 5.41) is 14.9. The maximum absolute atomic E-state index is 11.6. The molecule has 2 aliphatic heterocycles. The number of urea groups is 1. The first-order valence-electron chi connectivity index (χ1n) is 5.87. The normalized spacial score (nSPS) is 35.8. The summed E-state index contributed by atoms with van der Waals surface area (Å²) >= 11 is 0. The Bertz CT molecular complexity index is 376. The molecule has 2 amide bonds. The van der Waals surface area contributed by atoms with Crippen molar-refractivity contribution in [1.29, 1.82) is 0 Å². The van der Waals surface area contributed by atoms with E-state index in [0.29, 0.717) is 5.01 Å². The zero-order valence-electron chi connectivity index (χ0n) is 10.9. The summed E-state index contributed by atoms with van der Waals surface area (Å²) in [6.07, 6.45) is -1.86. The fourth-order valence-corrected chi connectivity index (χ4v) is 2.18. The minimum absolute atomic E-state index is 0.302. The number of nitrogens with one attached hydrogen (secondary N) is 1. The minimum atomic E-state index is -0.826. The predicted octanol–water partition coefficient (Wildman–Crippen LogP) is -0.454. The molecule has 2 saturated heterocycles. The van der Waals surface area contributed by atoms with Gasteiger partial charge in [0.25, 0.3) is 0 Å². The van der Waals surface area contributed by atoms with Crippen LogP contribution in [0.5, 0.6) is 0 Å². The SMILES string of the molecule is CN(N=O)C(=O)N[C@H]1[C@H]2OC(C)(C)O[C@H]2O[C@H]1CO. The lowest BCUT2D eigenvalue weighted by molar-refractivity contribution is -0.210. The lowest BCUT2D eigenvalue weighted by atomic mass is 10.1. The standard InChI is InChI=1S/C10H17N3O6/c1-10(2)18-7-6(11-9(15)13(3)12-16)5(4-14)17-8(7)19-10/h5-8,14H,4H2,1-3H3,(H,11,15)/t5-,6+,7+,8+/m0/s1. The monoisotopic (exact) mass is 275 g/mol. The van der Waals surface area contributed by atoms with Crippen LogP contribution in [-0.2, 0) is 14.2 Å². The van der Waals surface area contributed by atoms with Gasteiger partial charge in [-0.05, 0) is 13.8 Å². The predicted molar refractivity (Wildman–Crippen MR) is 61.7 cm³/mol. The van der Waals surface area contributed by atoms with Gasteiger partial charge < -0.3 is 24.6 Å². The van der Waals surface area contributed by atoms with Crippen molar-refractivity contribution in [2.75, 3.05) is 13.7 Å². The van der Waals surface area contributed by atoms with Crippen LogP contribution in [-0.4, -0.2) is 60.1 Å². The van der Waals surface area contributed by atoms with Crippen molar-refractivity contribution in [3.8, 4) is 0 Å². The highest BCUT2D eigenvalue weighted by Crippen LogP contribution is 2.37. The van der Waals surface area contributed by atoms with E-state index in [2.05, 4.69) is 10.6 Å². The van der Waals surface area contributed by atoms with E-state index in [1.54, 1.807) is 13.8 Å². The van der Waals surface area contributed by atoms with Crippen molar-refractivity contribution in [2.45, 2.75) is 44.2 Å². The number of carbonyl (C=O) groups is 1. The fraction of sp³-hybridized carbons (Fsp3) is 0.900. The molecule has 0 bridgehead atoms. The molecule has 0 aliphatic carbocycles. The Morgan fingerprint density at radius 2 is 2.16 bits per heavy atom. The van der Waals surface area contributed by atoms with Gasteiger partial charge in [0.1, 0.15) is 12.2 Å². The summed E-state index contributed by atoms with van der Waals surface area (Å²) in [6.45, 7) is 3.14. The smallest absolute Gasteiger partial charge is 0.340 e. The summed E-state index contributed by atoms with van der Waals surface area (Å²) in [5.41, 5.74) is 0. The van der Waals surface area contributed by atoms with Crippen LogP contribution in [0.4, 0.5) is 4.79 Å². The molecule has 108 valence electrons. The van der Waals surface area contributed by atoms with E-state index in [1.165, 1.54) is 7.05 Å². The summed E-state index contributed by atoms with van der Waals surface area (Å²) in [4.78, 5) is 21.9. The van der Waals surface area contributed by atoms with Crippen LogP contribution in [0, 0.1) is 4.91 Å². The van der Waals surface area contributed by atoms with E-state index >= 15 is 0 Å². The van der Waals surface area contributed by atoms with Crippen molar-refractivity contribution < 1.29 is 24.1 Å². The average Bonchev–Trinajstić information content (AvgIpc) is 2.81. The first-order chi connectivity index (χ1) is 8.88. The molecule has 0 radical (unpaired) electrons. The van der Waals surface area contributed by atoms with Crippen LogP contribution in [0.3, 0.4) is 0 Å². The van der Waals surface area contributed by atoms with Crippen LogP contribution in [0.25, 0.3) is 0 Å². The summed E-state index contributed by atoms with van der Waals surface area (Å²) < 4.78 is 16.6. The summed E-state index contributed by atoms with van der Waals surface area (Å²) in [6, 6.07) is -1.32. The maximum atomic E-state index is 11.6. The quantitative estimate of drug-likeness (QED) is 0.533. The second kappa shape index (κ2) is 5.00. The Hall–Kier alpha value is -1.29. The number of hydrogen-bond acceptors (Lipinski definition) is 7. The number of fused-ring (bicyclic) bond motifs is 1.